The van der Waals surface area contributed by atoms with Gasteiger partial charge >= 0.3 is 5.97 Å². The maximum absolute atomic E-state index is 11.7. The van der Waals surface area contributed by atoms with Gasteiger partial charge in [0.05, 0.1) is 6.61 Å². The lowest BCUT2D eigenvalue weighted by Crippen LogP contribution is -2.25. The molecule has 4 heteroatoms. The van der Waals surface area contributed by atoms with E-state index in [2.05, 4.69) is 43.4 Å². The third kappa shape index (κ3) is 21.3. The van der Waals surface area contributed by atoms with Gasteiger partial charge in [-0.25, -0.2) is 0 Å². The number of rotatable bonds is 21. The minimum absolute atomic E-state index is 0.142. The molecule has 1 atom stereocenters. The maximum atomic E-state index is 11.7. The zero-order valence-corrected chi connectivity index (χ0v) is 19.8. The lowest BCUT2D eigenvalue weighted by atomic mass is 10.1. The first kappa shape index (κ1) is 28.6. The van der Waals surface area contributed by atoms with Crippen LogP contribution in [0.5, 0.6) is 0 Å². The zero-order valence-electron chi connectivity index (χ0n) is 19.8. The van der Waals surface area contributed by atoms with Crippen molar-refractivity contribution >= 4 is 5.97 Å². The van der Waals surface area contributed by atoms with Crippen LogP contribution in [-0.4, -0.2) is 39.5 Å². The molecule has 0 heterocycles. The molecule has 30 heavy (non-hydrogen) atoms. The Morgan fingerprint density at radius 2 is 1.30 bits per heavy atom. The second kappa shape index (κ2) is 23.9. The number of allylic oxidation sites excluding steroid dienone is 6. The van der Waals surface area contributed by atoms with Crippen LogP contribution in [0.2, 0.25) is 0 Å². The minimum Gasteiger partial charge on any atom is -0.463 e. The summed E-state index contributed by atoms with van der Waals surface area (Å²) in [4.78, 5) is 11.7. The first-order chi connectivity index (χ1) is 14.7. The molecule has 0 saturated carbocycles. The minimum atomic E-state index is -0.181. The van der Waals surface area contributed by atoms with Crippen LogP contribution in [0, 0.1) is 0 Å². The summed E-state index contributed by atoms with van der Waals surface area (Å²) in [6, 6.07) is 0. The highest BCUT2D eigenvalue weighted by Gasteiger charge is 2.10. The van der Waals surface area contributed by atoms with Crippen molar-refractivity contribution in [2.45, 2.75) is 96.5 Å². The summed E-state index contributed by atoms with van der Waals surface area (Å²) in [6.07, 6.45) is 27.9. The molecule has 0 aliphatic rings. The van der Waals surface area contributed by atoms with Crippen LogP contribution < -0.4 is 0 Å². The average molecular weight is 423 g/mol. The number of hydrogen-bond donors (Lipinski definition) is 0. The smallest absolute Gasteiger partial charge is 0.305 e. The fourth-order valence-electron chi connectivity index (χ4n) is 2.98. The van der Waals surface area contributed by atoms with Gasteiger partial charge in [-0.3, -0.25) is 4.79 Å². The van der Waals surface area contributed by atoms with Gasteiger partial charge in [-0.15, -0.1) is 0 Å². The van der Waals surface area contributed by atoms with Crippen LogP contribution >= 0.6 is 0 Å². The molecule has 174 valence electrons. The molecular weight excluding hydrogens is 376 g/mol. The first-order valence-electron chi connectivity index (χ1n) is 11.9. The van der Waals surface area contributed by atoms with Crippen molar-refractivity contribution in [3.05, 3.63) is 36.5 Å². The van der Waals surface area contributed by atoms with Crippen LogP contribution in [0.3, 0.4) is 0 Å². The van der Waals surface area contributed by atoms with Gasteiger partial charge in [0.1, 0.15) is 12.7 Å². The van der Waals surface area contributed by atoms with Gasteiger partial charge in [0, 0.05) is 20.6 Å². The highest BCUT2D eigenvalue weighted by atomic mass is 16.6. The number of unbranched alkanes of at least 4 members (excludes halogenated alkanes) is 8. The Balaban J connectivity index is 3.42. The summed E-state index contributed by atoms with van der Waals surface area (Å²) in [5, 5.41) is 0. The Labute approximate surface area is 185 Å². The lowest BCUT2D eigenvalue weighted by molar-refractivity contribution is -0.148. The Morgan fingerprint density at radius 1 is 0.733 bits per heavy atom. The molecule has 0 spiro atoms. The summed E-state index contributed by atoms with van der Waals surface area (Å²) in [5.41, 5.74) is 0. The van der Waals surface area contributed by atoms with E-state index in [9.17, 15) is 4.79 Å². The highest BCUT2D eigenvalue weighted by molar-refractivity contribution is 5.69. The van der Waals surface area contributed by atoms with E-state index in [4.69, 9.17) is 14.2 Å². The van der Waals surface area contributed by atoms with Crippen LogP contribution in [0.1, 0.15) is 90.4 Å². The highest BCUT2D eigenvalue weighted by Crippen LogP contribution is 2.09. The molecule has 0 N–H and O–H groups in total. The van der Waals surface area contributed by atoms with Gasteiger partial charge in [0.2, 0.25) is 0 Å². The summed E-state index contributed by atoms with van der Waals surface area (Å²) < 4.78 is 15.4. The van der Waals surface area contributed by atoms with Crippen molar-refractivity contribution in [3.8, 4) is 0 Å². The standard InChI is InChI=1S/C26H46O4/c1-4-5-6-7-8-9-10-11-12-13-14-15-16-17-18-19-20-21-22-26(27)30-24-25(29-3)23-28-2/h8-9,11-12,14-15,25H,4-7,10,13,16-24H2,1-3H3/b9-8-,12-11-,15-14-. The van der Waals surface area contributed by atoms with Gasteiger partial charge in [-0.05, 0) is 44.9 Å². The predicted octanol–water partition coefficient (Wildman–Crippen LogP) is 6.95. The van der Waals surface area contributed by atoms with Gasteiger partial charge in [-0.1, -0.05) is 75.5 Å². The molecule has 0 rings (SSSR count). The van der Waals surface area contributed by atoms with Crippen molar-refractivity contribution < 1.29 is 19.0 Å². The van der Waals surface area contributed by atoms with E-state index in [0.29, 0.717) is 13.0 Å². The van der Waals surface area contributed by atoms with E-state index in [1.54, 1.807) is 14.2 Å². The Morgan fingerprint density at radius 3 is 1.90 bits per heavy atom. The summed E-state index contributed by atoms with van der Waals surface area (Å²) in [7, 11) is 3.20. The molecule has 0 aromatic rings. The van der Waals surface area contributed by atoms with Crippen molar-refractivity contribution in [1.29, 1.82) is 0 Å². The number of methoxy groups -OCH3 is 2. The van der Waals surface area contributed by atoms with Crippen LogP contribution in [0.15, 0.2) is 36.5 Å². The molecule has 0 amide bonds. The van der Waals surface area contributed by atoms with Crippen molar-refractivity contribution in [1.82, 2.24) is 0 Å². The van der Waals surface area contributed by atoms with Crippen molar-refractivity contribution in [2.75, 3.05) is 27.4 Å². The third-order valence-electron chi connectivity index (χ3n) is 4.89. The molecule has 0 saturated heterocycles. The molecule has 0 aromatic heterocycles. The largest absolute Gasteiger partial charge is 0.463 e. The van der Waals surface area contributed by atoms with Crippen LogP contribution in [0.4, 0.5) is 0 Å². The fraction of sp³-hybridized carbons (Fsp3) is 0.731. The summed E-state index contributed by atoms with van der Waals surface area (Å²) in [5.74, 6) is -0.142. The Kier molecular flexibility index (Phi) is 22.8. The van der Waals surface area contributed by atoms with Crippen LogP contribution in [0.25, 0.3) is 0 Å². The van der Waals surface area contributed by atoms with E-state index in [-0.39, 0.29) is 18.7 Å². The number of carbonyl (C=O) groups is 1. The Bertz CT molecular complexity index is 454. The molecule has 0 aliphatic heterocycles. The summed E-state index contributed by atoms with van der Waals surface area (Å²) in [6.45, 7) is 2.94. The van der Waals surface area contributed by atoms with E-state index in [1.807, 2.05) is 0 Å². The topological polar surface area (TPSA) is 44.8 Å². The number of carbonyl (C=O) groups excluding carboxylic acids is 1. The molecule has 0 bridgehead atoms. The molecule has 0 aromatic carbocycles. The quantitative estimate of drug-likeness (QED) is 0.114. The lowest BCUT2D eigenvalue weighted by Gasteiger charge is -2.14. The second-order valence-electron chi connectivity index (χ2n) is 7.68. The molecule has 4 nitrogen and oxygen atoms in total. The number of esters is 1. The van der Waals surface area contributed by atoms with Crippen molar-refractivity contribution in [3.63, 3.8) is 0 Å². The van der Waals surface area contributed by atoms with Gasteiger partial charge in [0.25, 0.3) is 0 Å². The average Bonchev–Trinajstić information content (AvgIpc) is 2.75. The summed E-state index contributed by atoms with van der Waals surface area (Å²) >= 11 is 0. The van der Waals surface area contributed by atoms with E-state index in [0.717, 1.165) is 32.1 Å². The Hall–Kier alpha value is -1.39. The SMILES string of the molecule is CCCCC/C=C\C/C=C\C/C=C\CCCCCCCC(=O)OCC(COC)OC. The zero-order chi connectivity index (χ0) is 22.1. The first-order valence-corrected chi connectivity index (χ1v) is 11.9. The molecule has 0 fully saturated rings. The van der Waals surface area contributed by atoms with Gasteiger partial charge < -0.3 is 14.2 Å². The molecular formula is C26H46O4. The van der Waals surface area contributed by atoms with Crippen molar-refractivity contribution in [2.24, 2.45) is 0 Å². The molecule has 0 aliphatic carbocycles. The second-order valence-corrected chi connectivity index (χ2v) is 7.68. The van der Waals surface area contributed by atoms with Gasteiger partial charge in [-0.2, -0.15) is 0 Å². The third-order valence-corrected chi connectivity index (χ3v) is 4.89. The maximum Gasteiger partial charge on any atom is 0.305 e. The fourth-order valence-corrected chi connectivity index (χ4v) is 2.98. The molecule has 1 unspecified atom stereocenters. The molecule has 0 radical (unpaired) electrons. The number of ether oxygens (including phenoxy) is 3. The monoisotopic (exact) mass is 422 g/mol. The van der Waals surface area contributed by atoms with Crippen LogP contribution in [-0.2, 0) is 19.0 Å². The number of hydrogen-bond acceptors (Lipinski definition) is 4. The van der Waals surface area contributed by atoms with E-state index >= 15 is 0 Å². The normalized spacial score (nSPS) is 13.0. The van der Waals surface area contributed by atoms with E-state index in [1.165, 1.54) is 44.9 Å². The predicted molar refractivity (Wildman–Crippen MR) is 127 cm³/mol. The van der Waals surface area contributed by atoms with E-state index < -0.39 is 0 Å². The van der Waals surface area contributed by atoms with Gasteiger partial charge in [0.15, 0.2) is 0 Å².